The first kappa shape index (κ1) is 92.5. The third-order valence-electron chi connectivity index (χ3n) is 18.6. The van der Waals surface area contributed by atoms with E-state index in [4.69, 9.17) is 21.9 Å². The number of nitrogens with two attached hydrogens (primary N) is 3. The lowest BCUT2D eigenvalue weighted by molar-refractivity contribution is -0.157. The molecular weight excluding hydrogens is 1400 g/mol. The van der Waals surface area contributed by atoms with Gasteiger partial charge in [-0.25, -0.2) is 4.79 Å². The number of aromatic hydroxyl groups is 1. The van der Waals surface area contributed by atoms with Gasteiger partial charge in [-0.1, -0.05) is 97.1 Å². The number of carboxylic acid groups (broad SMARTS) is 1. The van der Waals surface area contributed by atoms with E-state index in [1.807, 2.05) is 0 Å². The van der Waals surface area contributed by atoms with Crippen LogP contribution in [0.5, 0.6) is 5.75 Å². The average molecular weight is 1520 g/mol. The zero-order valence-electron chi connectivity index (χ0n) is 62.8. The molecule has 2 fully saturated rings. The molecule has 2 heterocycles. The number of phenols is 1. The molecule has 0 radical (unpaired) electrons. The molecule has 22 N–H and O–H groups in total. The first-order valence-electron chi connectivity index (χ1n) is 37.1. The summed E-state index contributed by atoms with van der Waals surface area (Å²) in [5.41, 5.74) is 17.2. The van der Waals surface area contributed by atoms with Crippen LogP contribution in [0, 0.1) is 5.92 Å². The fraction of sp³-hybridized carbons (Fsp3) is 0.718. The molecular formula is C71H118N14O22. The highest BCUT2D eigenvalue weighted by Gasteiger charge is 2.45. The lowest BCUT2D eigenvalue weighted by Gasteiger charge is -2.33. The molecule has 36 nitrogen and oxygen atoms in total. The molecule has 0 bridgehead atoms. The Labute approximate surface area is 624 Å². The van der Waals surface area contributed by atoms with Crippen LogP contribution in [0.15, 0.2) is 24.3 Å². The number of hydrogen-bond acceptors (Lipinski definition) is 23. The van der Waals surface area contributed by atoms with Crippen LogP contribution in [0.2, 0.25) is 0 Å². The normalized spacial score (nSPS) is 18.5. The minimum atomic E-state index is -2.08. The molecule has 0 unspecified atom stereocenters. The lowest BCUT2D eigenvalue weighted by atomic mass is 9.99. The van der Waals surface area contributed by atoms with E-state index in [0.717, 1.165) is 62.7 Å². The number of ether oxygens (including phenoxy) is 1. The van der Waals surface area contributed by atoms with Crippen molar-refractivity contribution in [1.29, 1.82) is 0 Å². The Hall–Kier alpha value is -8.68. The molecule has 0 spiro atoms. The van der Waals surface area contributed by atoms with Gasteiger partial charge in [-0.3, -0.25) is 62.3 Å². The predicted molar refractivity (Wildman–Crippen MR) is 386 cm³/mol. The van der Waals surface area contributed by atoms with Crippen molar-refractivity contribution < 1.29 is 108 Å². The summed E-state index contributed by atoms with van der Waals surface area (Å²) in [6.07, 6.45) is 1.06. The second-order valence-corrected chi connectivity index (χ2v) is 28.2. The molecule has 0 aromatic heterocycles. The maximum absolute atomic E-state index is 14.5. The number of phenolic OH excluding ortho intramolecular Hbond substituents is 1. The molecule has 1 aromatic rings. The molecule has 36 heteroatoms. The van der Waals surface area contributed by atoms with E-state index in [0.29, 0.717) is 12.0 Å². The smallest absolute Gasteiger partial charge is 0.328 e. The summed E-state index contributed by atoms with van der Waals surface area (Å²) in [7, 11) is 0. The van der Waals surface area contributed by atoms with Crippen LogP contribution in [0.1, 0.15) is 189 Å². The average Bonchev–Trinajstić information content (AvgIpc) is 1.74. The van der Waals surface area contributed by atoms with Gasteiger partial charge < -0.3 is 115 Å². The maximum Gasteiger partial charge on any atom is 0.328 e. The van der Waals surface area contributed by atoms with Gasteiger partial charge in [0.2, 0.25) is 70.9 Å². The zero-order valence-corrected chi connectivity index (χ0v) is 62.8. The fourth-order valence-electron chi connectivity index (χ4n) is 12.3. The number of carbonyl (C=O) groups is 14. The number of primary amides is 1. The van der Waals surface area contributed by atoms with Crippen LogP contribution < -0.4 is 65.1 Å². The van der Waals surface area contributed by atoms with Gasteiger partial charge >= 0.3 is 11.9 Å². The predicted octanol–water partition coefficient (Wildman–Crippen LogP) is -3.50. The standard InChI is InChI=1S/C71H118N14O22/c1-9-10-11-12-13-14-15-16-17-18-19-23-46(35-54(94)95)107-71(106)47(24-20-31-72)77-67(102)57(41(6)87)79-53(93)37-75-66(101)60(51(91)36-52(73)92)83-64(99)50-26-22-33-85(50)70(105)59(43(8)89)82-68(103)58(42(7)88)81-63(98)49-25-21-32-84(49)69(104)56(38(2)3)80-62(97)48(34-44-27-29-45(90)30-28-44)78-61(96)39(4)76-65(100)55(74)40(5)86/h27-30,38-43,46-51,55-60,86-91H,9-26,31-37,72,74H2,1-8H3,(H2,73,92)(H,75,101)(H,76,100)(H,77,102)(H,78,96)(H,79,93)(H,80,97)(H,81,98)(H,82,103)(H,83,99)(H,94,95)/t39-,40-,41-,42-,43-,46-,47+,48+,49+,50+,51-,55+,56+,57+,58+,59+,60+/m1/s1. The first-order valence-corrected chi connectivity index (χ1v) is 37.1. The molecule has 2 aliphatic heterocycles. The van der Waals surface area contributed by atoms with Gasteiger partial charge in [0.1, 0.15) is 78.3 Å². The van der Waals surface area contributed by atoms with Gasteiger partial charge in [-0.15, -0.1) is 0 Å². The molecule has 604 valence electrons. The number of carboxylic acids is 1. The summed E-state index contributed by atoms with van der Waals surface area (Å²) >= 11 is 0. The number of amides is 12. The van der Waals surface area contributed by atoms with Gasteiger partial charge in [0.15, 0.2) is 0 Å². The molecule has 2 aliphatic rings. The highest BCUT2D eigenvalue weighted by atomic mass is 16.5. The molecule has 2 saturated heterocycles. The Morgan fingerprint density at radius 1 is 0.523 bits per heavy atom. The minimum absolute atomic E-state index is 0.0223. The maximum atomic E-state index is 14.5. The Kier molecular flexibility index (Phi) is 40.8. The van der Waals surface area contributed by atoms with Crippen LogP contribution in [0.3, 0.4) is 0 Å². The second-order valence-electron chi connectivity index (χ2n) is 28.2. The van der Waals surface area contributed by atoms with E-state index < -0.39 is 211 Å². The summed E-state index contributed by atoms with van der Waals surface area (Å²) in [4.78, 5) is 192. The molecule has 17 atom stereocenters. The quantitative estimate of drug-likeness (QED) is 0.0222. The van der Waals surface area contributed by atoms with E-state index in [1.54, 1.807) is 13.8 Å². The number of esters is 1. The van der Waals surface area contributed by atoms with Crippen LogP contribution in [-0.4, -0.2) is 258 Å². The summed E-state index contributed by atoms with van der Waals surface area (Å²) in [6.45, 7) is 10.2. The summed E-state index contributed by atoms with van der Waals surface area (Å²) in [5.74, 6) is -15.3. The number of nitrogens with zero attached hydrogens (tertiary/aromatic N) is 2. The Morgan fingerprint density at radius 3 is 1.50 bits per heavy atom. The third-order valence-corrected chi connectivity index (χ3v) is 18.6. The summed E-state index contributed by atoms with van der Waals surface area (Å²) in [5, 5.41) is 94.6. The molecule has 0 saturated carbocycles. The van der Waals surface area contributed by atoms with Gasteiger partial charge in [0.25, 0.3) is 0 Å². The Bertz CT molecular complexity index is 3110. The van der Waals surface area contributed by atoms with E-state index in [-0.39, 0.29) is 76.8 Å². The molecule has 3 rings (SSSR count). The highest BCUT2D eigenvalue weighted by molar-refractivity contribution is 6.00. The van der Waals surface area contributed by atoms with Crippen molar-refractivity contribution in [3.8, 4) is 5.75 Å². The van der Waals surface area contributed by atoms with Crippen molar-refractivity contribution in [1.82, 2.24) is 57.7 Å². The number of hydrogen-bond donors (Lipinski definition) is 19. The first-order chi connectivity index (χ1) is 50.4. The summed E-state index contributed by atoms with van der Waals surface area (Å²) < 4.78 is 5.62. The van der Waals surface area contributed by atoms with Crippen molar-refractivity contribution >= 4 is 82.8 Å². The van der Waals surface area contributed by atoms with Crippen LogP contribution >= 0.6 is 0 Å². The number of benzene rings is 1. The van der Waals surface area contributed by atoms with E-state index in [9.17, 15) is 103 Å². The number of unbranched alkanes of at least 4 members (excludes halogenated alkanes) is 10. The molecule has 107 heavy (non-hydrogen) atoms. The number of nitrogens with one attached hydrogen (secondary N) is 9. The van der Waals surface area contributed by atoms with E-state index in [1.165, 1.54) is 70.2 Å². The highest BCUT2D eigenvalue weighted by Crippen LogP contribution is 2.24. The van der Waals surface area contributed by atoms with Gasteiger partial charge in [-0.2, -0.15) is 0 Å². The van der Waals surface area contributed by atoms with Crippen molar-refractivity contribution in [3.05, 3.63) is 29.8 Å². The van der Waals surface area contributed by atoms with Crippen molar-refractivity contribution in [2.75, 3.05) is 26.2 Å². The second kappa shape index (κ2) is 47.2. The zero-order chi connectivity index (χ0) is 80.4. The monoisotopic (exact) mass is 1520 g/mol. The topological polar surface area (TPSA) is 583 Å². The number of likely N-dealkylation sites (tertiary alicyclic amines) is 2. The molecule has 12 amide bonds. The van der Waals surface area contributed by atoms with Gasteiger partial charge in [-0.05, 0) is 116 Å². The van der Waals surface area contributed by atoms with Gasteiger partial charge in [0, 0.05) is 19.5 Å². The third kappa shape index (κ3) is 31.6. The van der Waals surface area contributed by atoms with E-state index >= 15 is 0 Å². The minimum Gasteiger partial charge on any atom is -0.508 e. The van der Waals surface area contributed by atoms with Crippen molar-refractivity contribution in [2.45, 2.75) is 293 Å². The fourth-order valence-corrected chi connectivity index (χ4v) is 12.3. The van der Waals surface area contributed by atoms with Crippen molar-refractivity contribution in [3.63, 3.8) is 0 Å². The lowest BCUT2D eigenvalue weighted by Crippen LogP contribution is -2.63. The van der Waals surface area contributed by atoms with Crippen LogP contribution in [0.4, 0.5) is 0 Å². The number of aliphatic hydroxyl groups excluding tert-OH is 5. The van der Waals surface area contributed by atoms with Crippen LogP contribution in [-0.2, 0) is 78.3 Å². The van der Waals surface area contributed by atoms with E-state index in [2.05, 4.69) is 54.8 Å². The van der Waals surface area contributed by atoms with Crippen molar-refractivity contribution in [2.24, 2.45) is 23.1 Å². The number of rotatable bonds is 49. The van der Waals surface area contributed by atoms with Crippen LogP contribution in [0.25, 0.3) is 0 Å². The largest absolute Gasteiger partial charge is 0.508 e. The molecule has 1 aromatic carbocycles. The number of aliphatic carboxylic acids is 1. The summed E-state index contributed by atoms with van der Waals surface area (Å²) in [6, 6.07) is -11.6. The van der Waals surface area contributed by atoms with Gasteiger partial charge in [0.05, 0.1) is 49.9 Å². The SMILES string of the molecule is CCCCCCCCCCCCC[C@H](CC(=O)O)OC(=O)[C@H](CCCN)NC(=O)[C@@H](NC(=O)CNC(=O)[C@@H](NC(=O)[C@@H]1CCCN1C(=O)[C@@H](NC(=O)[C@@H](NC(=O)[C@@H]1CCCN1C(=O)[C@@H](NC(=O)[C@H](Cc1ccc(O)cc1)NC(=O)[C@@H](C)NC(=O)[C@@H](N)[C@@H](C)O)C(C)C)[C@@H](C)O)[C@@H](C)O)[C@H](O)CC(N)=O)[C@@H](C)O. The number of carbonyl (C=O) groups excluding carboxylic acids is 13. The number of aliphatic hydroxyl groups is 5. The molecule has 0 aliphatic carbocycles. The Balaban J connectivity index is 1.73. The Morgan fingerprint density at radius 2 is 1.01 bits per heavy atom.